The maximum atomic E-state index is 11.8. The summed E-state index contributed by atoms with van der Waals surface area (Å²) < 4.78 is 5.35. The number of nitrogens with zero attached hydrogens (tertiary/aromatic N) is 1. The van der Waals surface area contributed by atoms with E-state index in [0.29, 0.717) is 0 Å². The molecule has 1 saturated heterocycles. The van der Waals surface area contributed by atoms with Crippen molar-refractivity contribution < 1.29 is 9.53 Å². The van der Waals surface area contributed by atoms with Crippen molar-refractivity contribution >= 4 is 6.09 Å². The number of amides is 1. The van der Waals surface area contributed by atoms with Crippen LogP contribution in [0.5, 0.6) is 0 Å². The van der Waals surface area contributed by atoms with Gasteiger partial charge in [-0.25, -0.2) is 4.79 Å². The minimum Gasteiger partial charge on any atom is -0.444 e. The largest absolute Gasteiger partial charge is 0.444 e. The monoisotopic (exact) mass is 211 g/mol. The summed E-state index contributed by atoms with van der Waals surface area (Å²) in [5.41, 5.74) is -0.416. The van der Waals surface area contributed by atoms with E-state index >= 15 is 0 Å². The van der Waals surface area contributed by atoms with Gasteiger partial charge >= 0.3 is 6.09 Å². The molecule has 0 spiro atoms. The van der Waals surface area contributed by atoms with Gasteiger partial charge in [0.25, 0.3) is 0 Å². The Morgan fingerprint density at radius 2 is 2.13 bits per heavy atom. The lowest BCUT2D eigenvalue weighted by Crippen LogP contribution is -2.45. The highest BCUT2D eigenvalue weighted by Gasteiger charge is 2.28. The average Bonchev–Trinajstić information content (AvgIpc) is 2.15. The average molecular weight is 211 g/mol. The Morgan fingerprint density at radius 3 is 2.67 bits per heavy atom. The Morgan fingerprint density at radius 1 is 1.47 bits per heavy atom. The van der Waals surface area contributed by atoms with Crippen LogP contribution in [0.2, 0.25) is 0 Å². The summed E-state index contributed by atoms with van der Waals surface area (Å²) in [4.78, 5) is 13.6. The molecule has 0 saturated carbocycles. The Bertz CT molecular complexity index is 242. The van der Waals surface area contributed by atoms with Crippen LogP contribution in [0, 0.1) is 0 Å². The van der Waals surface area contributed by atoms with Crippen LogP contribution < -0.4 is 0 Å². The third kappa shape index (κ3) is 3.57. The van der Waals surface area contributed by atoms with E-state index in [4.69, 9.17) is 4.74 Å². The zero-order chi connectivity index (χ0) is 11.5. The van der Waals surface area contributed by atoms with Gasteiger partial charge in [0.15, 0.2) is 0 Å². The fourth-order valence-electron chi connectivity index (χ4n) is 1.75. The fraction of sp³-hybridized carbons (Fsp3) is 0.750. The minimum absolute atomic E-state index is 0.147. The van der Waals surface area contributed by atoms with E-state index < -0.39 is 5.60 Å². The van der Waals surface area contributed by atoms with Crippen LogP contribution in [0.15, 0.2) is 12.7 Å². The maximum Gasteiger partial charge on any atom is 0.410 e. The highest BCUT2D eigenvalue weighted by molar-refractivity contribution is 5.69. The standard InChI is InChI=1S/C12H21NO2/c1-5-10-8-6-7-9-13(10)11(14)15-12(2,3)4/h5,10H,1,6-9H2,2-4H3. The maximum absolute atomic E-state index is 11.8. The Balaban J connectivity index is 2.60. The second-order valence-corrected chi connectivity index (χ2v) is 4.97. The molecule has 1 unspecified atom stereocenters. The van der Waals surface area contributed by atoms with E-state index in [-0.39, 0.29) is 12.1 Å². The van der Waals surface area contributed by atoms with E-state index in [1.165, 1.54) is 0 Å². The Labute approximate surface area is 92.1 Å². The van der Waals surface area contributed by atoms with E-state index in [9.17, 15) is 4.79 Å². The first-order valence-electron chi connectivity index (χ1n) is 5.56. The molecule has 0 bridgehead atoms. The second-order valence-electron chi connectivity index (χ2n) is 4.97. The first-order chi connectivity index (χ1) is 6.94. The van der Waals surface area contributed by atoms with Gasteiger partial charge in [-0.3, -0.25) is 0 Å². The van der Waals surface area contributed by atoms with Crippen molar-refractivity contribution in [1.29, 1.82) is 0 Å². The van der Waals surface area contributed by atoms with Crippen molar-refractivity contribution in [2.24, 2.45) is 0 Å². The lowest BCUT2D eigenvalue weighted by Gasteiger charge is -2.35. The van der Waals surface area contributed by atoms with Crippen LogP contribution in [0.3, 0.4) is 0 Å². The summed E-state index contributed by atoms with van der Waals surface area (Å²) in [6.07, 6.45) is 4.85. The van der Waals surface area contributed by atoms with Gasteiger partial charge in [0.05, 0.1) is 6.04 Å². The van der Waals surface area contributed by atoms with Crippen LogP contribution in [0.25, 0.3) is 0 Å². The highest BCUT2D eigenvalue weighted by Crippen LogP contribution is 2.20. The van der Waals surface area contributed by atoms with Gasteiger partial charge in [0.2, 0.25) is 0 Å². The fourth-order valence-corrected chi connectivity index (χ4v) is 1.75. The van der Waals surface area contributed by atoms with Crippen LogP contribution in [-0.2, 0) is 4.74 Å². The highest BCUT2D eigenvalue weighted by atomic mass is 16.6. The molecule has 0 aromatic rings. The molecular formula is C12H21NO2. The normalized spacial score (nSPS) is 22.3. The molecule has 15 heavy (non-hydrogen) atoms. The van der Waals surface area contributed by atoms with Crippen molar-refractivity contribution in [3.63, 3.8) is 0 Å². The van der Waals surface area contributed by atoms with Gasteiger partial charge in [0, 0.05) is 6.54 Å². The molecule has 1 rings (SSSR count). The van der Waals surface area contributed by atoms with Gasteiger partial charge < -0.3 is 9.64 Å². The van der Waals surface area contributed by atoms with E-state index in [0.717, 1.165) is 25.8 Å². The van der Waals surface area contributed by atoms with Gasteiger partial charge in [-0.2, -0.15) is 0 Å². The van der Waals surface area contributed by atoms with E-state index in [1.807, 2.05) is 26.8 Å². The van der Waals surface area contributed by atoms with Gasteiger partial charge in [0.1, 0.15) is 5.60 Å². The molecule has 1 heterocycles. The summed E-state index contributed by atoms with van der Waals surface area (Å²) in [5.74, 6) is 0. The van der Waals surface area contributed by atoms with Crippen LogP contribution >= 0.6 is 0 Å². The zero-order valence-corrected chi connectivity index (χ0v) is 9.95. The molecule has 86 valence electrons. The number of hydrogen-bond donors (Lipinski definition) is 0. The Hall–Kier alpha value is -0.990. The predicted octanol–water partition coefficient (Wildman–Crippen LogP) is 2.96. The van der Waals surface area contributed by atoms with E-state index in [2.05, 4.69) is 6.58 Å². The van der Waals surface area contributed by atoms with Crippen molar-refractivity contribution in [3.8, 4) is 0 Å². The topological polar surface area (TPSA) is 29.5 Å². The molecule has 1 fully saturated rings. The molecular weight excluding hydrogens is 190 g/mol. The van der Waals surface area contributed by atoms with Crippen molar-refractivity contribution in [3.05, 3.63) is 12.7 Å². The van der Waals surface area contributed by atoms with Crippen molar-refractivity contribution in [2.45, 2.75) is 51.7 Å². The van der Waals surface area contributed by atoms with Crippen molar-refractivity contribution in [1.82, 2.24) is 4.90 Å². The number of carbonyl (C=O) groups is 1. The quantitative estimate of drug-likeness (QED) is 0.624. The van der Waals surface area contributed by atoms with Crippen LogP contribution in [0.4, 0.5) is 4.79 Å². The molecule has 1 atom stereocenters. The number of ether oxygens (including phenoxy) is 1. The molecule has 1 amide bonds. The molecule has 0 N–H and O–H groups in total. The first kappa shape index (κ1) is 12.1. The molecule has 1 aliphatic heterocycles. The molecule has 0 aliphatic carbocycles. The lowest BCUT2D eigenvalue weighted by atomic mass is 10.0. The molecule has 1 aliphatic rings. The lowest BCUT2D eigenvalue weighted by molar-refractivity contribution is 0.0150. The van der Waals surface area contributed by atoms with Crippen molar-refractivity contribution in [2.75, 3.05) is 6.54 Å². The van der Waals surface area contributed by atoms with Crippen LogP contribution in [-0.4, -0.2) is 29.2 Å². The summed E-state index contributed by atoms with van der Waals surface area (Å²) in [5, 5.41) is 0. The summed E-state index contributed by atoms with van der Waals surface area (Å²) in [6, 6.07) is 0.147. The minimum atomic E-state index is -0.416. The zero-order valence-electron chi connectivity index (χ0n) is 9.95. The first-order valence-corrected chi connectivity index (χ1v) is 5.56. The number of hydrogen-bond acceptors (Lipinski definition) is 2. The number of rotatable bonds is 1. The van der Waals surface area contributed by atoms with Crippen LogP contribution in [0.1, 0.15) is 40.0 Å². The third-order valence-electron chi connectivity index (χ3n) is 2.45. The van der Waals surface area contributed by atoms with Gasteiger partial charge in [-0.1, -0.05) is 6.08 Å². The summed E-state index contributed by atoms with van der Waals surface area (Å²) in [7, 11) is 0. The smallest absolute Gasteiger partial charge is 0.410 e. The van der Waals surface area contributed by atoms with Gasteiger partial charge in [-0.15, -0.1) is 6.58 Å². The molecule has 0 radical (unpaired) electrons. The molecule has 3 heteroatoms. The number of carbonyl (C=O) groups excluding carboxylic acids is 1. The Kier molecular flexibility index (Phi) is 3.77. The molecule has 0 aromatic carbocycles. The second kappa shape index (κ2) is 4.69. The SMILES string of the molecule is C=CC1CCCCN1C(=O)OC(C)(C)C. The summed E-state index contributed by atoms with van der Waals surface area (Å²) in [6.45, 7) is 10.2. The number of piperidine rings is 1. The van der Waals surface area contributed by atoms with E-state index in [1.54, 1.807) is 4.90 Å². The molecule has 3 nitrogen and oxygen atoms in total. The predicted molar refractivity (Wildman–Crippen MR) is 60.8 cm³/mol. The summed E-state index contributed by atoms with van der Waals surface area (Å²) >= 11 is 0. The molecule has 0 aromatic heterocycles. The van der Waals surface area contributed by atoms with Gasteiger partial charge in [-0.05, 0) is 40.0 Å². The third-order valence-corrected chi connectivity index (χ3v) is 2.45. The number of likely N-dealkylation sites (tertiary alicyclic amines) is 1.